The summed E-state index contributed by atoms with van der Waals surface area (Å²) in [6.07, 6.45) is 4.82. The molecule has 0 unspecified atom stereocenters. The van der Waals surface area contributed by atoms with Gasteiger partial charge in [-0.15, -0.1) is 0 Å². The van der Waals surface area contributed by atoms with Gasteiger partial charge in [0.15, 0.2) is 0 Å². The summed E-state index contributed by atoms with van der Waals surface area (Å²) in [7, 11) is 0. The maximum atomic E-state index is 6.25. The van der Waals surface area contributed by atoms with Gasteiger partial charge in [-0.25, -0.2) is 9.97 Å². The number of aromatic amines is 2. The first-order valence-corrected chi connectivity index (χ1v) is 2.69. The molecule has 48 valence electrons. The molecule has 0 saturated heterocycles. The maximum Gasteiger partial charge on any atom is 0.251 e. The molecule has 0 aromatic carbocycles. The van der Waals surface area contributed by atoms with Crippen molar-refractivity contribution in [2.24, 2.45) is 0 Å². The lowest BCUT2D eigenvalue weighted by atomic mass is 10.5. The van der Waals surface area contributed by atoms with Crippen LogP contribution in [0.4, 0.5) is 0 Å². The number of imidazole rings is 1. The smallest absolute Gasteiger partial charge is 0.251 e. The molecule has 0 bridgehead atoms. The Hall–Kier alpha value is -1.30. The zero-order valence-corrected chi connectivity index (χ0v) is 5.31. The monoisotopic (exact) mass is 123 g/mol. The van der Waals surface area contributed by atoms with Crippen LogP contribution in [-0.4, -0.2) is 4.98 Å². The number of aryl methyl sites for hydroxylation is 1. The third kappa shape index (κ3) is 2.50. The van der Waals surface area contributed by atoms with Gasteiger partial charge in [-0.1, -0.05) is 6.92 Å². The van der Waals surface area contributed by atoms with E-state index in [2.05, 4.69) is 16.9 Å². The highest BCUT2D eigenvalue weighted by Gasteiger charge is 1.91. The highest BCUT2D eigenvalue weighted by molar-refractivity contribution is 4.72. The molecule has 0 aliphatic rings. The molecule has 0 amide bonds. The molecule has 0 aliphatic carbocycles. The van der Waals surface area contributed by atoms with E-state index >= 15 is 0 Å². The van der Waals surface area contributed by atoms with E-state index in [1.165, 1.54) is 5.82 Å². The first kappa shape index (κ1) is 7.70. The summed E-state index contributed by atoms with van der Waals surface area (Å²) in [5.74, 6) is 1.18. The van der Waals surface area contributed by atoms with E-state index in [0.29, 0.717) is 0 Å². The first-order chi connectivity index (χ1) is 4.43. The number of H-pyrrole nitrogens is 2. The van der Waals surface area contributed by atoms with Crippen molar-refractivity contribution in [2.45, 2.75) is 13.3 Å². The van der Waals surface area contributed by atoms with Crippen LogP contribution in [0.2, 0.25) is 0 Å². The lowest BCUT2D eigenvalue weighted by Crippen LogP contribution is -2.02. The van der Waals surface area contributed by atoms with E-state index in [0.717, 1.165) is 6.42 Å². The van der Waals surface area contributed by atoms with Crippen molar-refractivity contribution in [3.63, 3.8) is 0 Å². The summed E-state index contributed by atoms with van der Waals surface area (Å²) in [6.45, 7) is 6.85. The number of aromatic nitrogens is 2. The third-order valence-electron chi connectivity index (χ3n) is 0.952. The average Bonchev–Trinajstić information content (AvgIpc) is 2.43. The Balaban J connectivity index is 0.000000291. The zero-order chi connectivity index (χ0) is 7.11. The molecule has 2 N–H and O–H groups in total. The second-order valence-electron chi connectivity index (χ2n) is 1.45. The third-order valence-corrected chi connectivity index (χ3v) is 0.952. The van der Waals surface area contributed by atoms with Gasteiger partial charge in [0.1, 0.15) is 12.4 Å². The summed E-state index contributed by atoms with van der Waals surface area (Å²) in [4.78, 5) is 6.06. The van der Waals surface area contributed by atoms with Crippen LogP contribution < -0.4 is 4.98 Å². The van der Waals surface area contributed by atoms with Crippen LogP contribution in [0.15, 0.2) is 12.4 Å². The molecule has 1 rings (SSSR count). The Labute approximate surface area is 54.4 Å². The van der Waals surface area contributed by atoms with Crippen LogP contribution in [0.3, 0.4) is 0 Å². The van der Waals surface area contributed by atoms with E-state index in [4.69, 9.17) is 11.8 Å². The minimum atomic E-state index is 1.05. The summed E-state index contributed by atoms with van der Waals surface area (Å²) in [5, 5.41) is 6.25. The molecule has 3 heteroatoms. The topological polar surface area (TPSA) is 53.7 Å². The number of rotatable bonds is 1. The minimum Gasteiger partial charge on any atom is -0.512 e. The molecule has 1 aromatic heterocycles. The predicted octanol–water partition coefficient (Wildman–Crippen LogP) is 0.488. The van der Waals surface area contributed by atoms with Crippen LogP contribution in [0.5, 0.6) is 0 Å². The highest BCUT2D eigenvalue weighted by Crippen LogP contribution is 1.79. The van der Waals surface area contributed by atoms with Crippen LogP contribution in [0.25, 0.3) is 0 Å². The van der Waals surface area contributed by atoms with Crippen molar-refractivity contribution in [1.82, 2.24) is 4.98 Å². The molecule has 3 nitrogen and oxygen atoms in total. The van der Waals surface area contributed by atoms with Crippen LogP contribution in [0.1, 0.15) is 12.7 Å². The number of hydrogen-bond acceptors (Lipinski definition) is 1. The van der Waals surface area contributed by atoms with E-state index in [1.54, 1.807) is 0 Å². The Morgan fingerprint density at radius 3 is 2.67 bits per heavy atom. The summed E-state index contributed by atoms with van der Waals surface area (Å²) >= 11 is 0. The second-order valence-corrected chi connectivity index (χ2v) is 1.45. The molecule has 0 aliphatic heterocycles. The maximum absolute atomic E-state index is 6.25. The van der Waals surface area contributed by atoms with Crippen LogP contribution >= 0.6 is 0 Å². The fraction of sp³-hybridized carbons (Fsp3) is 0.333. The lowest BCUT2D eigenvalue weighted by Gasteiger charge is -1.71. The zero-order valence-electron chi connectivity index (χ0n) is 5.31. The van der Waals surface area contributed by atoms with E-state index < -0.39 is 0 Å². The van der Waals surface area contributed by atoms with Crippen molar-refractivity contribution in [2.75, 3.05) is 0 Å². The van der Waals surface area contributed by atoms with Crippen molar-refractivity contribution < 1.29 is 4.98 Å². The molecule has 0 fully saturated rings. The fourth-order valence-corrected chi connectivity index (χ4v) is 0.530. The molecule has 0 radical (unpaired) electrons. The fourth-order valence-electron chi connectivity index (χ4n) is 0.530. The Kier molecular flexibility index (Phi) is 4.15. The number of nitrogens with one attached hydrogen (secondary N) is 2. The molecule has 1 aromatic rings. The van der Waals surface area contributed by atoms with Gasteiger partial charge in [0.05, 0.1) is 0 Å². The molecular formula is C6H9N3. The van der Waals surface area contributed by atoms with Gasteiger partial charge in [-0.3, -0.25) is 0 Å². The second kappa shape index (κ2) is 4.85. The molecule has 0 atom stereocenters. The largest absolute Gasteiger partial charge is 0.512 e. The standard InChI is InChI=1S/C5H8N2.CN/c1-2-5-6-3-4-7-5;1-2/h3-4H,2H2,1H3,(H,6,7);/q;-1/p+1. The summed E-state index contributed by atoms with van der Waals surface area (Å²) < 4.78 is 0. The van der Waals surface area contributed by atoms with Crippen molar-refractivity contribution in [1.29, 1.82) is 5.26 Å². The van der Waals surface area contributed by atoms with Crippen molar-refractivity contribution >= 4 is 0 Å². The molecule has 0 saturated carbocycles. The van der Waals surface area contributed by atoms with Gasteiger partial charge in [-0.05, 0) is 0 Å². The van der Waals surface area contributed by atoms with E-state index in [1.807, 2.05) is 12.4 Å². The van der Waals surface area contributed by atoms with Gasteiger partial charge in [0.25, 0.3) is 5.82 Å². The summed E-state index contributed by atoms with van der Waals surface area (Å²) in [5.41, 5.74) is 0. The van der Waals surface area contributed by atoms with Gasteiger partial charge < -0.3 is 11.8 Å². The van der Waals surface area contributed by atoms with Gasteiger partial charge >= 0.3 is 0 Å². The van der Waals surface area contributed by atoms with Crippen molar-refractivity contribution in [3.8, 4) is 0 Å². The molecule has 1 heterocycles. The number of hydrogen-bond donors (Lipinski definition) is 1. The number of nitrogens with zero attached hydrogens (tertiary/aromatic N) is 1. The van der Waals surface area contributed by atoms with E-state index in [-0.39, 0.29) is 0 Å². The van der Waals surface area contributed by atoms with Gasteiger partial charge in [-0.2, -0.15) is 0 Å². The highest BCUT2D eigenvalue weighted by atomic mass is 14.9. The minimum absolute atomic E-state index is 1.05. The van der Waals surface area contributed by atoms with Gasteiger partial charge in [0, 0.05) is 6.42 Å². The average molecular weight is 123 g/mol. The van der Waals surface area contributed by atoms with Gasteiger partial charge in [0.2, 0.25) is 0 Å². The molecule has 9 heavy (non-hydrogen) atoms. The normalized spacial score (nSPS) is 7.44. The Morgan fingerprint density at radius 1 is 1.78 bits per heavy atom. The lowest BCUT2D eigenvalue weighted by molar-refractivity contribution is -0.387. The first-order valence-electron chi connectivity index (χ1n) is 2.69. The SMILES string of the molecule is CCc1[nH]cc[nH+]1.[C-]#N. The van der Waals surface area contributed by atoms with Crippen LogP contribution in [-0.2, 0) is 6.42 Å². The Bertz CT molecular complexity index is 152. The predicted molar refractivity (Wildman–Crippen MR) is 31.7 cm³/mol. The van der Waals surface area contributed by atoms with Crippen LogP contribution in [0, 0.1) is 11.8 Å². The van der Waals surface area contributed by atoms with E-state index in [9.17, 15) is 0 Å². The molecular weight excluding hydrogens is 114 g/mol. The summed E-state index contributed by atoms with van der Waals surface area (Å²) in [6, 6.07) is 0. The molecule has 0 spiro atoms. The Morgan fingerprint density at radius 2 is 2.44 bits per heavy atom. The van der Waals surface area contributed by atoms with Crippen molar-refractivity contribution in [3.05, 3.63) is 24.8 Å². The quantitative estimate of drug-likeness (QED) is 0.543.